The van der Waals surface area contributed by atoms with E-state index in [-0.39, 0.29) is 16.7 Å². The number of aliphatic carboxylic acids is 1. The van der Waals surface area contributed by atoms with Crippen LogP contribution in [0.1, 0.15) is 23.2 Å². The second-order valence-corrected chi connectivity index (χ2v) is 6.88. The van der Waals surface area contributed by atoms with E-state index in [9.17, 15) is 19.8 Å². The first-order valence-electron chi connectivity index (χ1n) is 6.64. The van der Waals surface area contributed by atoms with Gasteiger partial charge in [0.2, 0.25) is 0 Å². The second-order valence-electron chi connectivity index (χ2n) is 5.29. The van der Waals surface area contributed by atoms with E-state index in [4.69, 9.17) is 11.6 Å². The molecule has 2 unspecified atom stereocenters. The molecule has 3 rings (SSSR count). The van der Waals surface area contributed by atoms with Crippen LogP contribution in [0.5, 0.6) is 5.75 Å². The molecule has 1 saturated carbocycles. The van der Waals surface area contributed by atoms with Gasteiger partial charge in [0, 0.05) is 10.8 Å². The average Bonchev–Trinajstić information content (AvgIpc) is 3.16. The predicted octanol–water partition coefficient (Wildman–Crippen LogP) is 2.42. The first-order valence-corrected chi connectivity index (χ1v) is 8.07. The van der Waals surface area contributed by atoms with E-state index in [2.05, 4.69) is 0 Å². The summed E-state index contributed by atoms with van der Waals surface area (Å²) in [6, 6.07) is 3.40. The van der Waals surface area contributed by atoms with Gasteiger partial charge in [-0.3, -0.25) is 4.79 Å². The summed E-state index contributed by atoms with van der Waals surface area (Å²) in [5, 5.41) is 19.4. The van der Waals surface area contributed by atoms with E-state index in [1.54, 1.807) is 0 Å². The van der Waals surface area contributed by atoms with E-state index in [1.165, 1.54) is 34.9 Å². The number of benzene rings is 1. The Morgan fingerprint density at radius 2 is 2.05 bits per heavy atom. The zero-order valence-electron chi connectivity index (χ0n) is 11.0. The topological polar surface area (TPSA) is 77.8 Å². The Bertz CT molecular complexity index is 605. The maximum absolute atomic E-state index is 12.7. The van der Waals surface area contributed by atoms with E-state index in [0.717, 1.165) is 12.8 Å². The normalized spacial score (nSPS) is 25.1. The quantitative estimate of drug-likeness (QED) is 0.891. The summed E-state index contributed by atoms with van der Waals surface area (Å²) >= 11 is 7.27. The van der Waals surface area contributed by atoms with Crippen LogP contribution in [-0.4, -0.2) is 44.2 Å². The summed E-state index contributed by atoms with van der Waals surface area (Å²) in [5.41, 5.74) is 0.0961. The number of halogens is 1. The van der Waals surface area contributed by atoms with Gasteiger partial charge in [-0.15, -0.1) is 11.8 Å². The second kappa shape index (κ2) is 5.42. The van der Waals surface area contributed by atoms with Crippen LogP contribution in [0.2, 0.25) is 5.02 Å². The van der Waals surface area contributed by atoms with Gasteiger partial charge >= 0.3 is 5.97 Å². The van der Waals surface area contributed by atoms with E-state index < -0.39 is 17.9 Å². The number of aromatic hydroxyl groups is 1. The molecule has 2 aliphatic rings. The number of thioether (sulfide) groups is 1. The predicted molar refractivity (Wildman–Crippen MR) is 79.7 cm³/mol. The number of carbonyl (C=O) groups is 2. The van der Waals surface area contributed by atoms with Gasteiger partial charge in [0.1, 0.15) is 11.8 Å². The van der Waals surface area contributed by atoms with E-state index in [0.29, 0.717) is 16.7 Å². The maximum Gasteiger partial charge on any atom is 0.327 e. The van der Waals surface area contributed by atoms with Crippen LogP contribution >= 0.6 is 23.4 Å². The molecule has 1 aromatic rings. The highest BCUT2D eigenvalue weighted by Crippen LogP contribution is 2.46. The van der Waals surface area contributed by atoms with Crippen molar-refractivity contribution in [2.45, 2.75) is 24.3 Å². The maximum atomic E-state index is 12.7. The lowest BCUT2D eigenvalue weighted by atomic mass is 10.1. The van der Waals surface area contributed by atoms with Crippen LogP contribution in [0.25, 0.3) is 0 Å². The number of hydrogen-bond donors (Lipinski definition) is 2. The van der Waals surface area contributed by atoms with Crippen molar-refractivity contribution in [3.8, 4) is 5.75 Å². The fourth-order valence-corrected chi connectivity index (χ4v) is 4.34. The number of phenolic OH excluding ortho intramolecular Hbond substituents is 1. The number of amides is 1. The standard InChI is InChI=1S/C14H14ClNO4S/c15-8-3-4-9(11(17)5-8)12(18)16-10(14(19)20)6-21-13(16)7-1-2-7/h3-5,7,10,13,17H,1-2,6H2,(H,19,20). The van der Waals surface area contributed by atoms with Crippen LogP contribution in [-0.2, 0) is 4.79 Å². The van der Waals surface area contributed by atoms with Crippen molar-refractivity contribution in [1.82, 2.24) is 4.90 Å². The zero-order valence-corrected chi connectivity index (χ0v) is 12.6. The van der Waals surface area contributed by atoms with Crippen LogP contribution in [0.4, 0.5) is 0 Å². The SMILES string of the molecule is O=C(O)C1CSC(C2CC2)N1C(=O)c1ccc(Cl)cc1O. The third-order valence-electron chi connectivity index (χ3n) is 3.77. The Kier molecular flexibility index (Phi) is 3.75. The van der Waals surface area contributed by atoms with Gasteiger partial charge in [-0.1, -0.05) is 11.6 Å². The molecule has 0 bridgehead atoms. The highest BCUT2D eigenvalue weighted by molar-refractivity contribution is 8.00. The van der Waals surface area contributed by atoms with Crippen molar-refractivity contribution in [3.05, 3.63) is 28.8 Å². The van der Waals surface area contributed by atoms with Crippen molar-refractivity contribution < 1.29 is 19.8 Å². The van der Waals surface area contributed by atoms with Gasteiger partial charge in [0.25, 0.3) is 5.91 Å². The third kappa shape index (κ3) is 2.70. The number of nitrogens with zero attached hydrogens (tertiary/aromatic N) is 1. The molecule has 1 aliphatic carbocycles. The third-order valence-corrected chi connectivity index (χ3v) is 5.47. The number of carboxylic acids is 1. The van der Waals surface area contributed by atoms with Crippen molar-refractivity contribution in [1.29, 1.82) is 0 Å². The van der Waals surface area contributed by atoms with Crippen molar-refractivity contribution in [2.24, 2.45) is 5.92 Å². The Morgan fingerprint density at radius 1 is 1.33 bits per heavy atom. The molecule has 5 nitrogen and oxygen atoms in total. The van der Waals surface area contributed by atoms with Gasteiger partial charge in [0.05, 0.1) is 10.9 Å². The molecule has 7 heteroatoms. The summed E-state index contributed by atoms with van der Waals surface area (Å²) < 4.78 is 0. The monoisotopic (exact) mass is 327 g/mol. The molecule has 112 valence electrons. The lowest BCUT2D eigenvalue weighted by Crippen LogP contribution is -2.46. The minimum Gasteiger partial charge on any atom is -0.507 e. The van der Waals surface area contributed by atoms with Gasteiger partial charge in [0.15, 0.2) is 0 Å². The highest BCUT2D eigenvalue weighted by Gasteiger charge is 2.48. The van der Waals surface area contributed by atoms with Crippen LogP contribution in [0.3, 0.4) is 0 Å². The molecule has 21 heavy (non-hydrogen) atoms. The average molecular weight is 328 g/mol. The van der Waals surface area contributed by atoms with Gasteiger partial charge in [-0.05, 0) is 37.0 Å². The molecule has 1 aromatic carbocycles. The Balaban J connectivity index is 1.93. The molecule has 2 atom stereocenters. The van der Waals surface area contributed by atoms with Gasteiger partial charge in [-0.25, -0.2) is 4.79 Å². The molecule has 2 N–H and O–H groups in total. The number of carbonyl (C=O) groups excluding carboxylic acids is 1. The molecule has 0 radical (unpaired) electrons. The summed E-state index contributed by atoms with van der Waals surface area (Å²) in [6.07, 6.45) is 2.03. The number of hydrogen-bond acceptors (Lipinski definition) is 4. The summed E-state index contributed by atoms with van der Waals surface area (Å²) in [7, 11) is 0. The molecule has 2 fully saturated rings. The molecule has 1 amide bonds. The lowest BCUT2D eigenvalue weighted by Gasteiger charge is -2.27. The first-order chi connectivity index (χ1) is 9.99. The minimum absolute atomic E-state index is 0.0961. The van der Waals surface area contributed by atoms with Gasteiger partial charge in [-0.2, -0.15) is 0 Å². The summed E-state index contributed by atoms with van der Waals surface area (Å²) in [6.45, 7) is 0. The summed E-state index contributed by atoms with van der Waals surface area (Å²) in [5.74, 6) is -0.928. The highest BCUT2D eigenvalue weighted by atomic mass is 35.5. The smallest absolute Gasteiger partial charge is 0.327 e. The van der Waals surface area contributed by atoms with Crippen molar-refractivity contribution >= 4 is 35.2 Å². The fraction of sp³-hybridized carbons (Fsp3) is 0.429. The molecule has 1 heterocycles. The van der Waals surface area contributed by atoms with Crippen LogP contribution < -0.4 is 0 Å². The Hall–Kier alpha value is -1.40. The van der Waals surface area contributed by atoms with Crippen LogP contribution in [0.15, 0.2) is 18.2 Å². The van der Waals surface area contributed by atoms with E-state index in [1.807, 2.05) is 0 Å². The van der Waals surface area contributed by atoms with E-state index >= 15 is 0 Å². The molecule has 0 aromatic heterocycles. The lowest BCUT2D eigenvalue weighted by molar-refractivity contribution is -0.141. The van der Waals surface area contributed by atoms with Crippen molar-refractivity contribution in [2.75, 3.05) is 5.75 Å². The number of phenols is 1. The fourth-order valence-electron chi connectivity index (χ4n) is 2.54. The molecule has 1 saturated heterocycles. The molecular weight excluding hydrogens is 314 g/mol. The molecule has 0 spiro atoms. The van der Waals surface area contributed by atoms with Crippen molar-refractivity contribution in [3.63, 3.8) is 0 Å². The molecular formula is C14H14ClNO4S. The summed E-state index contributed by atoms with van der Waals surface area (Å²) in [4.78, 5) is 25.5. The van der Waals surface area contributed by atoms with Crippen LogP contribution in [0, 0.1) is 5.92 Å². The van der Waals surface area contributed by atoms with Gasteiger partial charge < -0.3 is 15.1 Å². The molecule has 1 aliphatic heterocycles. The Labute approximate surface area is 130 Å². The zero-order chi connectivity index (χ0) is 15.1. The minimum atomic E-state index is -1.01. The largest absolute Gasteiger partial charge is 0.507 e. The number of rotatable bonds is 3. The first kappa shape index (κ1) is 14.5. The Morgan fingerprint density at radius 3 is 2.62 bits per heavy atom. The number of carboxylic acid groups (broad SMARTS) is 1.